The van der Waals surface area contributed by atoms with Gasteiger partial charge >= 0.3 is 0 Å². The highest BCUT2D eigenvalue weighted by Crippen LogP contribution is 2.24. The molecule has 1 atom stereocenters. The second-order valence-electron chi connectivity index (χ2n) is 6.53. The zero-order chi connectivity index (χ0) is 18.3. The summed E-state index contributed by atoms with van der Waals surface area (Å²) in [6, 6.07) is 11.5. The third-order valence-corrected chi connectivity index (χ3v) is 4.70. The number of benzene rings is 1. The van der Waals surface area contributed by atoms with Gasteiger partial charge in [0, 0.05) is 19.3 Å². The highest BCUT2D eigenvalue weighted by atomic mass is 16.5. The quantitative estimate of drug-likeness (QED) is 0.762. The van der Waals surface area contributed by atoms with Crippen molar-refractivity contribution in [3.8, 4) is 0 Å². The number of carbonyl (C=O) groups excluding carboxylic acids is 1. The molecule has 1 fully saturated rings. The number of carbonyl (C=O) groups is 1. The Bertz CT molecular complexity index is 1020. The van der Waals surface area contributed by atoms with Crippen molar-refractivity contribution in [2.45, 2.75) is 13.0 Å². The van der Waals surface area contributed by atoms with Crippen molar-refractivity contribution < 1.29 is 9.53 Å². The van der Waals surface area contributed by atoms with E-state index in [0.717, 1.165) is 5.56 Å². The first-order valence-corrected chi connectivity index (χ1v) is 8.57. The third-order valence-electron chi connectivity index (χ3n) is 4.70. The number of pyridine rings is 1. The standard InChI is InChI=1S/C19H20N4O3/c1-12-10-14(16-17(20-12)22(2)21-18(16)24)19(25)23-8-9-26-15(11-23)13-6-4-3-5-7-13/h3-7,10,15H,8-9,11H2,1-2H3,(H,21,24). The number of aromatic nitrogens is 3. The van der Waals surface area contributed by atoms with Crippen LogP contribution in [0.4, 0.5) is 0 Å². The van der Waals surface area contributed by atoms with Crippen LogP contribution in [0.3, 0.4) is 0 Å². The van der Waals surface area contributed by atoms with Crippen LogP contribution >= 0.6 is 0 Å². The van der Waals surface area contributed by atoms with Crippen molar-refractivity contribution in [2.75, 3.05) is 19.7 Å². The molecule has 2 aromatic heterocycles. The number of morpholine rings is 1. The Balaban J connectivity index is 1.70. The van der Waals surface area contributed by atoms with Crippen LogP contribution in [0.25, 0.3) is 11.0 Å². The lowest BCUT2D eigenvalue weighted by Crippen LogP contribution is -2.42. The Morgan fingerprint density at radius 2 is 2.08 bits per heavy atom. The van der Waals surface area contributed by atoms with Crippen LogP contribution in [0.2, 0.25) is 0 Å². The minimum absolute atomic E-state index is 0.165. The van der Waals surface area contributed by atoms with Gasteiger partial charge in [-0.25, -0.2) is 4.98 Å². The van der Waals surface area contributed by atoms with Crippen LogP contribution in [0.15, 0.2) is 41.2 Å². The largest absolute Gasteiger partial charge is 0.370 e. The Morgan fingerprint density at radius 3 is 2.85 bits per heavy atom. The van der Waals surface area contributed by atoms with E-state index in [1.165, 1.54) is 0 Å². The summed E-state index contributed by atoms with van der Waals surface area (Å²) in [4.78, 5) is 31.6. The molecule has 3 heterocycles. The molecular weight excluding hydrogens is 332 g/mol. The topological polar surface area (TPSA) is 80.2 Å². The normalized spacial score (nSPS) is 17.6. The number of ether oxygens (including phenoxy) is 1. The van der Waals surface area contributed by atoms with Crippen molar-refractivity contribution in [1.29, 1.82) is 0 Å². The van der Waals surface area contributed by atoms with E-state index >= 15 is 0 Å². The van der Waals surface area contributed by atoms with E-state index in [4.69, 9.17) is 4.74 Å². The van der Waals surface area contributed by atoms with Gasteiger partial charge in [0.2, 0.25) is 0 Å². The van der Waals surface area contributed by atoms with Gasteiger partial charge in [-0.2, -0.15) is 0 Å². The predicted octanol–water partition coefficient (Wildman–Crippen LogP) is 1.78. The van der Waals surface area contributed by atoms with E-state index in [9.17, 15) is 9.59 Å². The van der Waals surface area contributed by atoms with Gasteiger partial charge in [0.15, 0.2) is 5.65 Å². The molecule has 3 aromatic rings. The third kappa shape index (κ3) is 2.80. The monoisotopic (exact) mass is 352 g/mol. The molecular formula is C19H20N4O3. The number of fused-ring (bicyclic) bond motifs is 1. The summed E-state index contributed by atoms with van der Waals surface area (Å²) < 4.78 is 7.39. The first kappa shape index (κ1) is 16.5. The van der Waals surface area contributed by atoms with Crippen LogP contribution in [0.1, 0.15) is 27.7 Å². The Morgan fingerprint density at radius 1 is 1.31 bits per heavy atom. The lowest BCUT2D eigenvalue weighted by atomic mass is 10.1. The fourth-order valence-corrected chi connectivity index (χ4v) is 3.43. The number of rotatable bonds is 2. The van der Waals surface area contributed by atoms with E-state index in [-0.39, 0.29) is 17.6 Å². The van der Waals surface area contributed by atoms with Gasteiger partial charge in [0.25, 0.3) is 11.5 Å². The molecule has 0 spiro atoms. The van der Waals surface area contributed by atoms with E-state index in [2.05, 4.69) is 10.1 Å². The summed E-state index contributed by atoms with van der Waals surface area (Å²) in [7, 11) is 1.71. The van der Waals surface area contributed by atoms with Crippen LogP contribution in [0, 0.1) is 6.92 Å². The number of hydrogen-bond donors (Lipinski definition) is 1. The van der Waals surface area contributed by atoms with Gasteiger partial charge in [-0.05, 0) is 18.6 Å². The summed E-state index contributed by atoms with van der Waals surface area (Å²) in [6.07, 6.45) is -0.165. The van der Waals surface area contributed by atoms with Crippen molar-refractivity contribution in [1.82, 2.24) is 19.7 Å². The van der Waals surface area contributed by atoms with Crippen molar-refractivity contribution >= 4 is 16.9 Å². The zero-order valence-electron chi connectivity index (χ0n) is 14.7. The Hall–Kier alpha value is -2.93. The lowest BCUT2D eigenvalue weighted by Gasteiger charge is -2.33. The molecule has 1 amide bonds. The highest BCUT2D eigenvalue weighted by Gasteiger charge is 2.28. The van der Waals surface area contributed by atoms with Crippen molar-refractivity contribution in [3.05, 3.63) is 63.6 Å². The molecule has 4 rings (SSSR count). The second kappa shape index (κ2) is 6.42. The number of aromatic amines is 1. The fraction of sp³-hybridized carbons (Fsp3) is 0.316. The molecule has 134 valence electrons. The minimum Gasteiger partial charge on any atom is -0.370 e. The van der Waals surface area contributed by atoms with Crippen molar-refractivity contribution in [2.24, 2.45) is 7.05 Å². The molecule has 1 aromatic carbocycles. The average molecular weight is 352 g/mol. The fourth-order valence-electron chi connectivity index (χ4n) is 3.43. The number of amides is 1. The second-order valence-corrected chi connectivity index (χ2v) is 6.53. The first-order valence-electron chi connectivity index (χ1n) is 8.57. The number of nitrogens with zero attached hydrogens (tertiary/aromatic N) is 3. The van der Waals surface area contributed by atoms with Crippen LogP contribution in [-0.2, 0) is 11.8 Å². The van der Waals surface area contributed by atoms with Gasteiger partial charge in [0.05, 0.1) is 24.1 Å². The number of hydrogen-bond acceptors (Lipinski definition) is 4. The molecule has 26 heavy (non-hydrogen) atoms. The first-order chi connectivity index (χ1) is 12.5. The molecule has 1 aliphatic rings. The highest BCUT2D eigenvalue weighted by molar-refractivity contribution is 6.05. The van der Waals surface area contributed by atoms with Gasteiger partial charge in [-0.1, -0.05) is 30.3 Å². The molecule has 0 saturated carbocycles. The number of nitrogens with one attached hydrogen (secondary N) is 1. The molecule has 7 heteroatoms. The van der Waals surface area contributed by atoms with Gasteiger partial charge < -0.3 is 9.64 Å². The summed E-state index contributed by atoms with van der Waals surface area (Å²) in [5.74, 6) is -0.165. The zero-order valence-corrected chi connectivity index (χ0v) is 14.7. The molecule has 0 aliphatic carbocycles. The maximum absolute atomic E-state index is 13.2. The van der Waals surface area contributed by atoms with Gasteiger partial charge in [-0.3, -0.25) is 19.4 Å². The minimum atomic E-state index is -0.300. The molecule has 1 aliphatic heterocycles. The maximum Gasteiger partial charge on any atom is 0.274 e. The molecule has 7 nitrogen and oxygen atoms in total. The maximum atomic E-state index is 13.2. The van der Waals surface area contributed by atoms with E-state index < -0.39 is 0 Å². The molecule has 0 radical (unpaired) electrons. The molecule has 1 unspecified atom stereocenters. The summed E-state index contributed by atoms with van der Waals surface area (Å²) in [6.45, 7) is 3.23. The Labute approximate surface area is 150 Å². The average Bonchev–Trinajstić information content (AvgIpc) is 2.95. The van der Waals surface area contributed by atoms with Crippen LogP contribution < -0.4 is 5.56 Å². The van der Waals surface area contributed by atoms with E-state index in [1.54, 1.807) is 22.7 Å². The molecule has 1 N–H and O–H groups in total. The summed E-state index contributed by atoms with van der Waals surface area (Å²) in [5, 5.41) is 3.02. The van der Waals surface area contributed by atoms with Crippen molar-refractivity contribution in [3.63, 3.8) is 0 Å². The number of aryl methyl sites for hydroxylation is 2. The SMILES string of the molecule is Cc1cc(C(=O)N2CCOC(c3ccccc3)C2)c2c(=O)[nH]n(C)c2n1. The predicted molar refractivity (Wildman–Crippen MR) is 97.1 cm³/mol. The van der Waals surface area contributed by atoms with Gasteiger partial charge in [-0.15, -0.1) is 0 Å². The Kier molecular flexibility index (Phi) is 4.08. The van der Waals surface area contributed by atoms with Crippen LogP contribution in [-0.4, -0.2) is 45.3 Å². The lowest BCUT2D eigenvalue weighted by molar-refractivity contribution is -0.0227. The smallest absolute Gasteiger partial charge is 0.274 e. The van der Waals surface area contributed by atoms with Crippen LogP contribution in [0.5, 0.6) is 0 Å². The van der Waals surface area contributed by atoms with E-state index in [0.29, 0.717) is 42.0 Å². The van der Waals surface area contributed by atoms with Gasteiger partial charge in [0.1, 0.15) is 6.10 Å². The molecule has 0 bridgehead atoms. The van der Waals surface area contributed by atoms with E-state index in [1.807, 2.05) is 37.3 Å². The summed E-state index contributed by atoms with van der Waals surface area (Å²) >= 11 is 0. The summed E-state index contributed by atoms with van der Waals surface area (Å²) in [5.41, 5.74) is 2.32. The molecule has 1 saturated heterocycles. The number of H-pyrrole nitrogens is 1.